The molecule has 0 radical (unpaired) electrons. The minimum absolute atomic E-state index is 0.0628. The Balaban J connectivity index is 5.21. The molecule has 0 N–H and O–H groups in total. The number of ether oxygens (including phenoxy) is 1. The van der Waals surface area contributed by atoms with Gasteiger partial charge in [-0.1, -0.05) is 46.8 Å². The van der Waals surface area contributed by atoms with E-state index in [0.717, 1.165) is 0 Å². The first kappa shape index (κ1) is 22.8. The van der Waals surface area contributed by atoms with Crippen LogP contribution in [0.3, 0.4) is 0 Å². The Kier molecular flexibility index (Phi) is 7.70. The van der Waals surface area contributed by atoms with Crippen molar-refractivity contribution in [1.29, 1.82) is 0 Å². The molecule has 0 aromatic carbocycles. The summed E-state index contributed by atoms with van der Waals surface area (Å²) < 4.78 is 17.4. The summed E-state index contributed by atoms with van der Waals surface area (Å²) in [5, 5.41) is 1.70. The van der Waals surface area contributed by atoms with Gasteiger partial charge in [0.2, 0.25) is 16.6 Å². The van der Waals surface area contributed by atoms with E-state index in [1.807, 2.05) is 0 Å². The zero-order valence-electron chi connectivity index (χ0n) is 17.0. The van der Waals surface area contributed by atoms with E-state index < -0.39 is 16.6 Å². The average Bonchev–Trinajstić information content (AvgIpc) is 2.31. The van der Waals surface area contributed by atoms with Crippen molar-refractivity contribution in [2.75, 3.05) is 13.7 Å². The molecule has 0 fully saturated rings. The molecule has 0 aromatic rings. The molecule has 0 heterocycles. The van der Waals surface area contributed by atoms with E-state index in [-0.39, 0.29) is 22.5 Å². The lowest BCUT2D eigenvalue weighted by Gasteiger charge is -2.44. The number of hydroxylamine groups is 2. The van der Waals surface area contributed by atoms with Crippen molar-refractivity contribution >= 4 is 22.6 Å². The second kappa shape index (κ2) is 7.78. The standard InChI is InChI=1S/C16H37NO4Si2/c1-15(2,3)22(8,9)20-17(13-12-14(18)19-7)21-23(10,11)16(4,5)6/h12-13H2,1-11H3. The Bertz CT molecular complexity index is 370. The van der Waals surface area contributed by atoms with E-state index in [1.165, 1.54) is 7.11 Å². The molecular formula is C16H37NO4Si2. The van der Waals surface area contributed by atoms with Crippen LogP contribution in [0.2, 0.25) is 36.3 Å². The summed E-state index contributed by atoms with van der Waals surface area (Å²) in [7, 11) is -2.68. The van der Waals surface area contributed by atoms with Crippen molar-refractivity contribution in [2.45, 2.75) is 84.2 Å². The molecule has 0 aromatic heterocycles. The predicted octanol–water partition coefficient (Wildman–Crippen LogP) is 4.73. The van der Waals surface area contributed by atoms with Gasteiger partial charge in [0.1, 0.15) is 0 Å². The van der Waals surface area contributed by atoms with Crippen LogP contribution >= 0.6 is 0 Å². The molecule has 0 rings (SSSR count). The molecule has 0 aliphatic heterocycles. The Morgan fingerprint density at radius 1 is 0.870 bits per heavy atom. The summed E-state index contributed by atoms with van der Waals surface area (Å²) in [5.41, 5.74) is 0. The summed E-state index contributed by atoms with van der Waals surface area (Å²) in [5.74, 6) is -0.257. The van der Waals surface area contributed by atoms with E-state index in [4.69, 9.17) is 13.8 Å². The van der Waals surface area contributed by atoms with E-state index in [9.17, 15) is 4.79 Å². The van der Waals surface area contributed by atoms with Gasteiger partial charge in [-0.25, -0.2) is 0 Å². The monoisotopic (exact) mass is 363 g/mol. The maximum atomic E-state index is 11.5. The predicted molar refractivity (Wildman–Crippen MR) is 99.9 cm³/mol. The van der Waals surface area contributed by atoms with Gasteiger partial charge >= 0.3 is 5.97 Å². The molecule has 0 aliphatic rings. The summed E-state index contributed by atoms with van der Waals surface area (Å²) >= 11 is 0. The van der Waals surface area contributed by atoms with Gasteiger partial charge in [-0.15, -0.1) is 0 Å². The number of rotatable bonds is 7. The van der Waals surface area contributed by atoms with Crippen molar-refractivity contribution in [2.24, 2.45) is 0 Å². The molecular weight excluding hydrogens is 326 g/mol. The molecule has 0 unspecified atom stereocenters. The maximum Gasteiger partial charge on any atom is 0.306 e. The molecule has 0 bridgehead atoms. The van der Waals surface area contributed by atoms with Crippen LogP contribution in [0.15, 0.2) is 0 Å². The number of esters is 1. The van der Waals surface area contributed by atoms with Gasteiger partial charge in [-0.05, 0) is 36.3 Å². The van der Waals surface area contributed by atoms with Gasteiger partial charge in [0, 0.05) is 0 Å². The first-order valence-electron chi connectivity index (χ1n) is 8.26. The molecule has 138 valence electrons. The molecule has 0 spiro atoms. The number of hydrogen-bond donors (Lipinski definition) is 0. The zero-order valence-corrected chi connectivity index (χ0v) is 19.0. The highest BCUT2D eigenvalue weighted by Gasteiger charge is 2.44. The third-order valence-corrected chi connectivity index (χ3v) is 13.5. The first-order chi connectivity index (χ1) is 10.0. The quantitative estimate of drug-likeness (QED) is 0.372. The lowest BCUT2D eigenvalue weighted by atomic mass is 10.2. The van der Waals surface area contributed by atoms with Crippen LogP contribution < -0.4 is 0 Å². The molecule has 0 saturated carbocycles. The minimum Gasteiger partial charge on any atom is -0.469 e. The van der Waals surface area contributed by atoms with Crippen molar-refractivity contribution < 1.29 is 18.6 Å². The Morgan fingerprint density at radius 2 is 1.22 bits per heavy atom. The molecule has 7 heteroatoms. The van der Waals surface area contributed by atoms with Gasteiger partial charge in [0.15, 0.2) is 0 Å². The van der Waals surface area contributed by atoms with Crippen LogP contribution in [0, 0.1) is 0 Å². The SMILES string of the molecule is COC(=O)CCN(O[Si](C)(C)C(C)(C)C)O[Si](C)(C)C(C)(C)C. The van der Waals surface area contributed by atoms with Crippen LogP contribution in [0.1, 0.15) is 48.0 Å². The van der Waals surface area contributed by atoms with E-state index in [1.54, 1.807) is 5.23 Å². The van der Waals surface area contributed by atoms with Gasteiger partial charge in [0.25, 0.3) is 0 Å². The smallest absolute Gasteiger partial charge is 0.306 e. The second-order valence-electron chi connectivity index (χ2n) is 9.09. The average molecular weight is 364 g/mol. The van der Waals surface area contributed by atoms with Crippen LogP contribution in [-0.2, 0) is 18.6 Å². The van der Waals surface area contributed by atoms with Gasteiger partial charge in [0.05, 0.1) is 20.1 Å². The number of carbonyl (C=O) groups excluding carboxylic acids is 1. The lowest BCUT2D eigenvalue weighted by Crippen LogP contribution is -2.52. The van der Waals surface area contributed by atoms with E-state index in [2.05, 4.69) is 67.7 Å². The van der Waals surface area contributed by atoms with Crippen molar-refractivity contribution in [3.8, 4) is 0 Å². The summed E-state index contributed by atoms with van der Waals surface area (Å²) in [4.78, 5) is 11.5. The lowest BCUT2D eigenvalue weighted by molar-refractivity contribution is -0.276. The minimum atomic E-state index is -2.04. The third-order valence-electron chi connectivity index (χ3n) is 5.00. The zero-order chi connectivity index (χ0) is 18.7. The Hall–Kier alpha value is -0.216. The van der Waals surface area contributed by atoms with Crippen molar-refractivity contribution in [1.82, 2.24) is 5.23 Å². The molecule has 0 aliphatic carbocycles. The number of methoxy groups -OCH3 is 1. The number of hydrogen-bond acceptors (Lipinski definition) is 5. The second-order valence-corrected chi connectivity index (χ2v) is 18.5. The molecule has 23 heavy (non-hydrogen) atoms. The maximum absolute atomic E-state index is 11.5. The van der Waals surface area contributed by atoms with Crippen LogP contribution in [-0.4, -0.2) is 41.5 Å². The van der Waals surface area contributed by atoms with Crippen LogP contribution in [0.4, 0.5) is 0 Å². The largest absolute Gasteiger partial charge is 0.469 e. The van der Waals surface area contributed by atoms with Gasteiger partial charge in [-0.2, -0.15) is 0 Å². The van der Waals surface area contributed by atoms with Gasteiger partial charge in [-0.3, -0.25) is 4.79 Å². The van der Waals surface area contributed by atoms with Gasteiger partial charge < -0.3 is 13.8 Å². The fraction of sp³-hybridized carbons (Fsp3) is 0.938. The molecule has 0 saturated heterocycles. The Labute approximate surface area is 144 Å². The summed E-state index contributed by atoms with van der Waals surface area (Å²) in [6, 6.07) is 0. The first-order valence-corrected chi connectivity index (χ1v) is 14.1. The highest BCUT2D eigenvalue weighted by Crippen LogP contribution is 2.40. The number of nitrogens with zero attached hydrogens (tertiary/aromatic N) is 1. The number of carbonyl (C=O) groups is 1. The molecule has 0 atom stereocenters. The normalized spacial score (nSPS) is 14.3. The summed E-state index contributed by atoms with van der Waals surface area (Å²) in [6.45, 7) is 22.2. The fourth-order valence-corrected chi connectivity index (χ4v) is 3.08. The fourth-order valence-electron chi connectivity index (χ4n) is 1.18. The summed E-state index contributed by atoms with van der Waals surface area (Å²) in [6.07, 6.45) is 0.250. The van der Waals surface area contributed by atoms with Crippen molar-refractivity contribution in [3.63, 3.8) is 0 Å². The highest BCUT2D eigenvalue weighted by molar-refractivity contribution is 6.74. The van der Waals surface area contributed by atoms with Crippen molar-refractivity contribution in [3.05, 3.63) is 0 Å². The molecule has 5 nitrogen and oxygen atoms in total. The van der Waals surface area contributed by atoms with Crippen LogP contribution in [0.5, 0.6) is 0 Å². The highest BCUT2D eigenvalue weighted by atomic mass is 28.4. The molecule has 0 amide bonds. The third kappa shape index (κ3) is 7.05. The van der Waals surface area contributed by atoms with Crippen LogP contribution in [0.25, 0.3) is 0 Å². The van der Waals surface area contributed by atoms with E-state index >= 15 is 0 Å². The van der Waals surface area contributed by atoms with E-state index in [0.29, 0.717) is 6.54 Å². The topological polar surface area (TPSA) is 48.0 Å². The Morgan fingerprint density at radius 3 is 1.48 bits per heavy atom.